The first-order valence-electron chi connectivity index (χ1n) is 10.1. The highest BCUT2D eigenvalue weighted by Gasteiger charge is 2.18. The highest BCUT2D eigenvalue weighted by Crippen LogP contribution is 2.17. The van der Waals surface area contributed by atoms with Crippen molar-refractivity contribution in [3.05, 3.63) is 90.1 Å². The number of nitrogens with one attached hydrogen (secondary N) is 1. The number of benzene rings is 2. The Morgan fingerprint density at radius 3 is 2.10 bits per heavy atom. The molecule has 3 aromatic rings. The van der Waals surface area contributed by atoms with Crippen LogP contribution in [0, 0.1) is 0 Å². The third-order valence-corrected chi connectivity index (χ3v) is 5.18. The summed E-state index contributed by atoms with van der Waals surface area (Å²) in [5.74, 6) is 0.936. The zero-order valence-electron chi connectivity index (χ0n) is 16.5. The Kier molecular flexibility index (Phi) is 6.17. The van der Waals surface area contributed by atoms with Gasteiger partial charge in [-0.25, -0.2) is 4.98 Å². The topological polar surface area (TPSA) is 48.5 Å². The van der Waals surface area contributed by atoms with E-state index in [1.165, 1.54) is 5.56 Å². The van der Waals surface area contributed by atoms with E-state index in [9.17, 15) is 4.79 Å². The third kappa shape index (κ3) is 5.42. The molecule has 0 bridgehead atoms. The minimum absolute atomic E-state index is 0.0275. The molecule has 0 spiro atoms. The molecule has 1 aliphatic heterocycles. The van der Waals surface area contributed by atoms with Gasteiger partial charge in [0.1, 0.15) is 5.82 Å². The fourth-order valence-corrected chi connectivity index (χ4v) is 3.61. The van der Waals surface area contributed by atoms with Crippen LogP contribution in [-0.4, -0.2) is 42.0 Å². The molecule has 4 rings (SSSR count). The van der Waals surface area contributed by atoms with Gasteiger partial charge in [-0.05, 0) is 23.3 Å². The Morgan fingerprint density at radius 1 is 0.828 bits per heavy atom. The monoisotopic (exact) mass is 386 g/mol. The zero-order chi connectivity index (χ0) is 19.9. The number of pyridine rings is 1. The van der Waals surface area contributed by atoms with Crippen LogP contribution < -0.4 is 10.2 Å². The normalized spacial score (nSPS) is 14.6. The first-order valence-corrected chi connectivity index (χ1v) is 10.1. The molecule has 0 aliphatic carbocycles. The maximum atomic E-state index is 12.2. The van der Waals surface area contributed by atoms with E-state index in [2.05, 4.69) is 50.4 Å². The van der Waals surface area contributed by atoms with Crippen LogP contribution in [0.1, 0.15) is 11.1 Å². The summed E-state index contributed by atoms with van der Waals surface area (Å²) < 4.78 is 0. The number of nitrogens with zero attached hydrogens (tertiary/aromatic N) is 3. The van der Waals surface area contributed by atoms with Crippen LogP contribution in [0.3, 0.4) is 0 Å². The molecule has 1 amide bonds. The number of aromatic nitrogens is 1. The fourth-order valence-electron chi connectivity index (χ4n) is 3.61. The summed E-state index contributed by atoms with van der Waals surface area (Å²) in [5, 5.41) is 2.93. The lowest BCUT2D eigenvalue weighted by Crippen LogP contribution is -2.46. The Morgan fingerprint density at radius 2 is 1.48 bits per heavy atom. The molecule has 0 saturated carbocycles. The number of carbonyl (C=O) groups excluding carboxylic acids is 1. The van der Waals surface area contributed by atoms with E-state index >= 15 is 0 Å². The minimum atomic E-state index is -0.0275. The lowest BCUT2D eigenvalue weighted by Gasteiger charge is -2.35. The van der Waals surface area contributed by atoms with Crippen LogP contribution in [0.25, 0.3) is 0 Å². The molecule has 5 heteroatoms. The van der Waals surface area contributed by atoms with Crippen molar-refractivity contribution in [3.63, 3.8) is 0 Å². The van der Waals surface area contributed by atoms with Crippen LogP contribution in [-0.2, 0) is 17.8 Å². The second-order valence-corrected chi connectivity index (χ2v) is 7.36. The highest BCUT2D eigenvalue weighted by atomic mass is 16.1. The number of piperazine rings is 1. The van der Waals surface area contributed by atoms with Crippen molar-refractivity contribution < 1.29 is 4.79 Å². The first-order chi connectivity index (χ1) is 14.3. The molecule has 29 heavy (non-hydrogen) atoms. The van der Waals surface area contributed by atoms with Gasteiger partial charge in [-0.2, -0.15) is 0 Å². The van der Waals surface area contributed by atoms with Gasteiger partial charge < -0.3 is 10.2 Å². The number of amides is 1. The smallest absolute Gasteiger partial charge is 0.228 e. The molecule has 1 aromatic heterocycles. The molecule has 1 N–H and O–H groups in total. The quantitative estimate of drug-likeness (QED) is 0.703. The molecule has 148 valence electrons. The Labute approximate surface area is 172 Å². The SMILES string of the molecule is O=C(Cc1ccccc1)Nc1ccc(N2CCN(Cc3ccccc3)CC2)nc1. The molecule has 5 nitrogen and oxygen atoms in total. The standard InChI is InChI=1S/C24H26N4O/c29-24(17-20-7-3-1-4-8-20)26-22-11-12-23(25-18-22)28-15-13-27(14-16-28)19-21-9-5-2-6-10-21/h1-12,18H,13-17,19H2,(H,26,29). The average molecular weight is 386 g/mol. The molecule has 2 aromatic carbocycles. The Hall–Kier alpha value is -3.18. The number of rotatable bonds is 6. The largest absolute Gasteiger partial charge is 0.354 e. The van der Waals surface area contributed by atoms with E-state index in [1.807, 2.05) is 42.5 Å². The van der Waals surface area contributed by atoms with E-state index < -0.39 is 0 Å². The lowest BCUT2D eigenvalue weighted by molar-refractivity contribution is -0.115. The van der Waals surface area contributed by atoms with E-state index in [0.29, 0.717) is 6.42 Å². The van der Waals surface area contributed by atoms with Crippen LogP contribution >= 0.6 is 0 Å². The average Bonchev–Trinajstić information content (AvgIpc) is 2.76. The van der Waals surface area contributed by atoms with Gasteiger partial charge >= 0.3 is 0 Å². The van der Waals surface area contributed by atoms with Crippen molar-refractivity contribution in [2.75, 3.05) is 36.4 Å². The van der Waals surface area contributed by atoms with E-state index in [0.717, 1.165) is 49.8 Å². The van der Waals surface area contributed by atoms with Gasteiger partial charge in [0, 0.05) is 32.7 Å². The van der Waals surface area contributed by atoms with Crippen LogP contribution in [0.4, 0.5) is 11.5 Å². The van der Waals surface area contributed by atoms with Crippen molar-refractivity contribution >= 4 is 17.4 Å². The first kappa shape index (κ1) is 19.2. The maximum absolute atomic E-state index is 12.2. The van der Waals surface area contributed by atoms with Crippen LogP contribution in [0.15, 0.2) is 79.0 Å². The van der Waals surface area contributed by atoms with E-state index in [1.54, 1.807) is 6.20 Å². The molecule has 1 saturated heterocycles. The summed E-state index contributed by atoms with van der Waals surface area (Å²) >= 11 is 0. The fraction of sp³-hybridized carbons (Fsp3) is 0.250. The summed E-state index contributed by atoms with van der Waals surface area (Å²) in [6.45, 7) is 4.95. The molecule has 1 fully saturated rings. The summed E-state index contributed by atoms with van der Waals surface area (Å²) in [6, 6.07) is 24.3. The number of anilines is 2. The predicted molar refractivity (Wildman–Crippen MR) is 117 cm³/mol. The third-order valence-electron chi connectivity index (χ3n) is 5.18. The summed E-state index contributed by atoms with van der Waals surface area (Å²) in [7, 11) is 0. The Balaban J connectivity index is 1.27. The van der Waals surface area contributed by atoms with E-state index in [4.69, 9.17) is 0 Å². The molecular weight excluding hydrogens is 360 g/mol. The molecule has 0 radical (unpaired) electrons. The predicted octanol–water partition coefficient (Wildman–Crippen LogP) is 3.59. The second kappa shape index (κ2) is 9.34. The maximum Gasteiger partial charge on any atom is 0.228 e. The molecule has 0 atom stereocenters. The van der Waals surface area contributed by atoms with Crippen molar-refractivity contribution in [3.8, 4) is 0 Å². The zero-order valence-corrected chi connectivity index (χ0v) is 16.5. The van der Waals surface area contributed by atoms with Gasteiger partial charge in [0.15, 0.2) is 0 Å². The lowest BCUT2D eigenvalue weighted by atomic mass is 10.1. The van der Waals surface area contributed by atoms with Gasteiger partial charge in [-0.1, -0.05) is 60.7 Å². The van der Waals surface area contributed by atoms with Gasteiger partial charge in [0.2, 0.25) is 5.91 Å². The minimum Gasteiger partial charge on any atom is -0.354 e. The van der Waals surface area contributed by atoms with Gasteiger partial charge in [0.25, 0.3) is 0 Å². The summed E-state index contributed by atoms with van der Waals surface area (Å²) in [4.78, 5) is 21.5. The number of carbonyl (C=O) groups is 1. The number of hydrogen-bond acceptors (Lipinski definition) is 4. The van der Waals surface area contributed by atoms with Gasteiger partial charge in [-0.3, -0.25) is 9.69 Å². The van der Waals surface area contributed by atoms with Crippen LogP contribution in [0.2, 0.25) is 0 Å². The van der Waals surface area contributed by atoms with Crippen molar-refractivity contribution in [2.24, 2.45) is 0 Å². The molecule has 2 heterocycles. The molecule has 1 aliphatic rings. The van der Waals surface area contributed by atoms with Crippen molar-refractivity contribution in [1.29, 1.82) is 0 Å². The second-order valence-electron chi connectivity index (χ2n) is 7.36. The number of hydrogen-bond donors (Lipinski definition) is 1. The van der Waals surface area contributed by atoms with Gasteiger partial charge in [0.05, 0.1) is 18.3 Å². The van der Waals surface area contributed by atoms with E-state index in [-0.39, 0.29) is 5.91 Å². The van der Waals surface area contributed by atoms with Gasteiger partial charge in [-0.15, -0.1) is 0 Å². The Bertz CT molecular complexity index is 905. The highest BCUT2D eigenvalue weighted by molar-refractivity contribution is 5.92. The van der Waals surface area contributed by atoms with Crippen molar-refractivity contribution in [2.45, 2.75) is 13.0 Å². The molecule has 0 unspecified atom stereocenters. The van der Waals surface area contributed by atoms with Crippen molar-refractivity contribution in [1.82, 2.24) is 9.88 Å². The molecular formula is C24H26N4O. The summed E-state index contributed by atoms with van der Waals surface area (Å²) in [5.41, 5.74) is 3.09. The summed E-state index contributed by atoms with van der Waals surface area (Å²) in [6.07, 6.45) is 2.11. The van der Waals surface area contributed by atoms with Crippen LogP contribution in [0.5, 0.6) is 0 Å².